The number of rotatable bonds is 7. The zero-order chi connectivity index (χ0) is 20.8. The maximum Gasteiger partial charge on any atom is 0.270 e. The van der Waals surface area contributed by atoms with E-state index < -0.39 is 0 Å². The number of hydrogen-bond donors (Lipinski definition) is 2. The van der Waals surface area contributed by atoms with Gasteiger partial charge in [-0.15, -0.1) is 0 Å². The Bertz CT molecular complexity index is 997. The van der Waals surface area contributed by atoms with Gasteiger partial charge in [0.25, 0.3) is 5.91 Å². The second-order valence-corrected chi connectivity index (χ2v) is 7.08. The largest absolute Gasteiger partial charge is 0.497 e. The number of carbonyl (C=O) groups is 1. The Morgan fingerprint density at radius 2 is 1.76 bits per heavy atom. The molecule has 150 valence electrons. The lowest BCUT2D eigenvalue weighted by molar-refractivity contribution is 0.0949. The van der Waals surface area contributed by atoms with Gasteiger partial charge in [-0.05, 0) is 74.2 Å². The van der Waals surface area contributed by atoms with E-state index in [1.807, 2.05) is 57.2 Å². The van der Waals surface area contributed by atoms with Crippen molar-refractivity contribution in [1.82, 2.24) is 15.3 Å². The lowest BCUT2D eigenvalue weighted by atomic mass is 10.1. The predicted octanol–water partition coefficient (Wildman–Crippen LogP) is 4.13. The number of benzene rings is 2. The molecule has 6 nitrogen and oxygen atoms in total. The van der Waals surface area contributed by atoms with Crippen LogP contribution in [0.5, 0.6) is 5.75 Å². The van der Waals surface area contributed by atoms with Gasteiger partial charge in [-0.1, -0.05) is 18.2 Å². The number of ether oxygens (including phenoxy) is 1. The molecule has 0 saturated carbocycles. The monoisotopic (exact) mass is 390 g/mol. The first-order valence-corrected chi connectivity index (χ1v) is 9.55. The molecular weight excluding hydrogens is 364 g/mol. The topological polar surface area (TPSA) is 76.1 Å². The lowest BCUT2D eigenvalue weighted by Gasteiger charge is -2.10. The maximum atomic E-state index is 12.6. The summed E-state index contributed by atoms with van der Waals surface area (Å²) >= 11 is 0. The van der Waals surface area contributed by atoms with E-state index in [9.17, 15) is 4.79 Å². The fraction of sp³-hybridized carbons (Fsp3) is 0.261. The van der Waals surface area contributed by atoms with Crippen molar-refractivity contribution in [1.29, 1.82) is 0 Å². The van der Waals surface area contributed by atoms with Crippen LogP contribution >= 0.6 is 0 Å². The molecule has 0 radical (unpaired) electrons. The molecule has 1 aromatic heterocycles. The third kappa shape index (κ3) is 5.78. The van der Waals surface area contributed by atoms with Gasteiger partial charge in [0.2, 0.25) is 5.95 Å². The number of nitrogens with one attached hydrogen (secondary N) is 2. The fourth-order valence-electron chi connectivity index (χ4n) is 3.16. The summed E-state index contributed by atoms with van der Waals surface area (Å²) in [5, 5.41) is 6.12. The minimum absolute atomic E-state index is 0.220. The molecule has 1 amide bonds. The van der Waals surface area contributed by atoms with Crippen LogP contribution in [0.25, 0.3) is 0 Å². The molecule has 0 aliphatic carbocycles. The minimum Gasteiger partial charge on any atom is -0.497 e. The van der Waals surface area contributed by atoms with Crippen molar-refractivity contribution in [3.05, 3.63) is 76.6 Å². The Morgan fingerprint density at radius 3 is 2.48 bits per heavy atom. The third-order valence-electron chi connectivity index (χ3n) is 4.40. The average Bonchev–Trinajstić information content (AvgIpc) is 2.66. The number of aromatic nitrogens is 2. The smallest absolute Gasteiger partial charge is 0.270 e. The van der Waals surface area contributed by atoms with Gasteiger partial charge < -0.3 is 15.4 Å². The van der Waals surface area contributed by atoms with Gasteiger partial charge in [-0.2, -0.15) is 0 Å². The molecule has 1 heterocycles. The summed E-state index contributed by atoms with van der Waals surface area (Å²) in [7, 11) is 1.64. The third-order valence-corrected chi connectivity index (χ3v) is 4.40. The van der Waals surface area contributed by atoms with Crippen molar-refractivity contribution in [2.24, 2.45) is 0 Å². The van der Waals surface area contributed by atoms with Crippen LogP contribution in [0.15, 0.2) is 48.5 Å². The van der Waals surface area contributed by atoms with E-state index in [1.165, 1.54) is 0 Å². The zero-order valence-electron chi connectivity index (χ0n) is 17.2. The van der Waals surface area contributed by atoms with Crippen molar-refractivity contribution in [3.63, 3.8) is 0 Å². The minimum atomic E-state index is -0.220. The summed E-state index contributed by atoms with van der Waals surface area (Å²) in [4.78, 5) is 21.4. The van der Waals surface area contributed by atoms with Crippen LogP contribution in [0, 0.1) is 20.8 Å². The molecule has 3 aromatic rings. The van der Waals surface area contributed by atoms with Gasteiger partial charge in [-0.3, -0.25) is 4.79 Å². The van der Waals surface area contributed by atoms with Crippen LogP contribution in [0.2, 0.25) is 0 Å². The number of anilines is 2. The van der Waals surface area contributed by atoms with Crippen LogP contribution in [0.3, 0.4) is 0 Å². The summed E-state index contributed by atoms with van der Waals surface area (Å²) in [6.45, 7) is 6.43. The van der Waals surface area contributed by atoms with E-state index in [2.05, 4.69) is 26.7 Å². The molecular formula is C23H26N4O2. The number of methoxy groups -OCH3 is 1. The predicted molar refractivity (Wildman–Crippen MR) is 115 cm³/mol. The quantitative estimate of drug-likeness (QED) is 0.634. The molecule has 0 fully saturated rings. The first kappa shape index (κ1) is 20.3. The molecule has 6 heteroatoms. The second-order valence-electron chi connectivity index (χ2n) is 7.08. The van der Waals surface area contributed by atoms with Gasteiger partial charge in [-0.25, -0.2) is 9.97 Å². The van der Waals surface area contributed by atoms with E-state index in [0.29, 0.717) is 24.6 Å². The molecule has 29 heavy (non-hydrogen) atoms. The van der Waals surface area contributed by atoms with Gasteiger partial charge in [0.05, 0.1) is 7.11 Å². The molecule has 0 saturated heterocycles. The zero-order valence-corrected chi connectivity index (χ0v) is 17.2. The fourth-order valence-corrected chi connectivity index (χ4v) is 3.16. The Balaban J connectivity index is 1.65. The molecule has 0 aliphatic heterocycles. The highest BCUT2D eigenvalue weighted by Gasteiger charge is 2.11. The Hall–Kier alpha value is -3.41. The Morgan fingerprint density at radius 1 is 1.00 bits per heavy atom. The Kier molecular flexibility index (Phi) is 6.44. The maximum absolute atomic E-state index is 12.6. The highest BCUT2D eigenvalue weighted by atomic mass is 16.5. The van der Waals surface area contributed by atoms with E-state index in [1.54, 1.807) is 13.2 Å². The number of carbonyl (C=O) groups excluding carboxylic acids is 1. The first-order chi connectivity index (χ1) is 13.9. The summed E-state index contributed by atoms with van der Waals surface area (Å²) in [5.41, 5.74) is 5.37. The molecule has 0 aliphatic rings. The number of aryl methyl sites for hydroxylation is 3. The summed E-state index contributed by atoms with van der Waals surface area (Å²) in [5.74, 6) is 0.997. The van der Waals surface area contributed by atoms with E-state index in [4.69, 9.17) is 4.74 Å². The van der Waals surface area contributed by atoms with E-state index in [0.717, 1.165) is 33.8 Å². The van der Waals surface area contributed by atoms with Crippen molar-refractivity contribution in [2.75, 3.05) is 19.0 Å². The van der Waals surface area contributed by atoms with Crippen LogP contribution in [-0.2, 0) is 6.42 Å². The number of hydrogen-bond acceptors (Lipinski definition) is 5. The molecule has 2 aromatic carbocycles. The van der Waals surface area contributed by atoms with Crippen molar-refractivity contribution < 1.29 is 9.53 Å². The van der Waals surface area contributed by atoms with Crippen molar-refractivity contribution in [3.8, 4) is 5.75 Å². The second kappa shape index (κ2) is 9.19. The summed E-state index contributed by atoms with van der Waals surface area (Å²) in [6, 6.07) is 15.6. The number of amides is 1. The molecule has 3 rings (SSSR count). The van der Waals surface area contributed by atoms with E-state index in [-0.39, 0.29) is 5.91 Å². The normalized spacial score (nSPS) is 10.5. The molecule has 2 N–H and O–H groups in total. The van der Waals surface area contributed by atoms with Gasteiger partial charge in [0.1, 0.15) is 11.4 Å². The van der Waals surface area contributed by atoms with Crippen LogP contribution < -0.4 is 15.4 Å². The van der Waals surface area contributed by atoms with Crippen LogP contribution in [0.1, 0.15) is 32.9 Å². The SMILES string of the molecule is COc1cccc(CCNC(=O)c2cc(C)nc(Nc3cc(C)cc(C)c3)n2)c1. The van der Waals surface area contributed by atoms with E-state index >= 15 is 0 Å². The Labute approximate surface area is 171 Å². The highest BCUT2D eigenvalue weighted by molar-refractivity contribution is 5.92. The van der Waals surface area contributed by atoms with Gasteiger partial charge in [0.15, 0.2) is 0 Å². The molecule has 0 atom stereocenters. The number of nitrogens with zero attached hydrogens (tertiary/aromatic N) is 2. The standard InChI is InChI=1S/C23H26N4O2/c1-15-10-16(2)12-19(11-15)26-23-25-17(3)13-21(27-23)22(28)24-9-8-18-6-5-7-20(14-18)29-4/h5-7,10-14H,8-9H2,1-4H3,(H,24,28)(H,25,26,27). The highest BCUT2D eigenvalue weighted by Crippen LogP contribution is 2.18. The average molecular weight is 390 g/mol. The van der Waals surface area contributed by atoms with Gasteiger partial charge in [0, 0.05) is 17.9 Å². The summed E-state index contributed by atoms with van der Waals surface area (Å²) in [6.07, 6.45) is 0.709. The van der Waals surface area contributed by atoms with Crippen molar-refractivity contribution in [2.45, 2.75) is 27.2 Å². The van der Waals surface area contributed by atoms with Crippen molar-refractivity contribution >= 4 is 17.5 Å². The first-order valence-electron chi connectivity index (χ1n) is 9.55. The molecule has 0 spiro atoms. The molecule has 0 bridgehead atoms. The van der Waals surface area contributed by atoms with Gasteiger partial charge >= 0.3 is 0 Å². The molecule has 0 unspecified atom stereocenters. The van der Waals surface area contributed by atoms with Crippen LogP contribution in [0.4, 0.5) is 11.6 Å². The summed E-state index contributed by atoms with van der Waals surface area (Å²) < 4.78 is 5.23. The lowest BCUT2D eigenvalue weighted by Crippen LogP contribution is -2.27. The van der Waals surface area contributed by atoms with Crippen LogP contribution in [-0.4, -0.2) is 29.5 Å².